The third kappa shape index (κ3) is 1.23. The van der Waals surface area contributed by atoms with Crippen molar-refractivity contribution in [3.63, 3.8) is 0 Å². The highest BCUT2D eigenvalue weighted by atomic mass is 14.7. The maximum atomic E-state index is 4.21. The zero-order valence-electron chi connectivity index (χ0n) is 6.91. The van der Waals surface area contributed by atoms with E-state index in [0.717, 1.165) is 11.3 Å². The van der Waals surface area contributed by atoms with Crippen LogP contribution in [-0.2, 0) is 0 Å². The van der Waals surface area contributed by atoms with Crippen LogP contribution in [0.3, 0.4) is 0 Å². The van der Waals surface area contributed by atoms with Gasteiger partial charge in [0.1, 0.15) is 0 Å². The van der Waals surface area contributed by atoms with Crippen LogP contribution < -0.4 is 0 Å². The molecule has 0 spiro atoms. The lowest BCUT2D eigenvalue weighted by Crippen LogP contribution is -1.83. The molecular formula is C11H9N. The van der Waals surface area contributed by atoms with Gasteiger partial charge in [0.25, 0.3) is 0 Å². The molecule has 0 N–H and O–H groups in total. The van der Waals surface area contributed by atoms with Gasteiger partial charge in [-0.2, -0.15) is 0 Å². The van der Waals surface area contributed by atoms with Crippen LogP contribution in [0.25, 0.3) is 6.08 Å². The van der Waals surface area contributed by atoms with Gasteiger partial charge in [-0.25, -0.2) is 0 Å². The van der Waals surface area contributed by atoms with Crippen molar-refractivity contribution in [3.05, 3.63) is 46.8 Å². The standard InChI is InChI=1S/C11H9N/c1-9-6-7-10-4-2-3-5-11(10)8-12-9/h2-5,7-8H,1H3. The van der Waals surface area contributed by atoms with E-state index in [1.165, 1.54) is 5.56 Å². The topological polar surface area (TPSA) is 12.4 Å². The summed E-state index contributed by atoms with van der Waals surface area (Å²) in [5, 5.41) is 0. The second-order valence-electron chi connectivity index (χ2n) is 2.76. The van der Waals surface area contributed by atoms with Gasteiger partial charge in [0.05, 0.1) is 5.70 Å². The lowest BCUT2D eigenvalue weighted by atomic mass is 10.1. The molecular weight excluding hydrogens is 146 g/mol. The Morgan fingerprint density at radius 2 is 1.92 bits per heavy atom. The Balaban J connectivity index is 2.64. The first-order chi connectivity index (χ1) is 5.86. The van der Waals surface area contributed by atoms with Gasteiger partial charge >= 0.3 is 0 Å². The summed E-state index contributed by atoms with van der Waals surface area (Å²) < 4.78 is 0. The van der Waals surface area contributed by atoms with Crippen LogP contribution in [0.2, 0.25) is 0 Å². The van der Waals surface area contributed by atoms with Gasteiger partial charge in [0.2, 0.25) is 0 Å². The predicted octanol–water partition coefficient (Wildman–Crippen LogP) is 2.64. The molecule has 0 radical (unpaired) electrons. The van der Waals surface area contributed by atoms with Crippen molar-refractivity contribution in [1.82, 2.24) is 0 Å². The third-order valence-electron chi connectivity index (χ3n) is 1.83. The van der Waals surface area contributed by atoms with Crippen molar-refractivity contribution in [2.24, 2.45) is 4.99 Å². The van der Waals surface area contributed by atoms with Gasteiger partial charge in [-0.05, 0) is 18.6 Å². The Kier molecular flexibility index (Phi) is 1.65. The van der Waals surface area contributed by atoms with Crippen molar-refractivity contribution >= 4 is 12.3 Å². The summed E-state index contributed by atoms with van der Waals surface area (Å²) >= 11 is 0. The molecule has 2 rings (SSSR count). The molecule has 58 valence electrons. The van der Waals surface area contributed by atoms with Crippen LogP contribution in [0.1, 0.15) is 18.1 Å². The minimum Gasteiger partial charge on any atom is -0.253 e. The largest absolute Gasteiger partial charge is 0.253 e. The SMILES string of the molecule is CC1=C=Cc2ccccc2C=N1. The summed E-state index contributed by atoms with van der Waals surface area (Å²) in [4.78, 5) is 4.21. The highest BCUT2D eigenvalue weighted by Crippen LogP contribution is 2.11. The number of aliphatic imine (C=N–C) groups is 1. The average molecular weight is 155 g/mol. The fraction of sp³-hybridized carbons (Fsp3) is 0.0909. The van der Waals surface area contributed by atoms with Gasteiger partial charge in [-0.1, -0.05) is 30.0 Å². The predicted molar refractivity (Wildman–Crippen MR) is 51.2 cm³/mol. The van der Waals surface area contributed by atoms with Gasteiger partial charge in [-0.15, -0.1) is 0 Å². The second kappa shape index (κ2) is 2.80. The van der Waals surface area contributed by atoms with Crippen molar-refractivity contribution in [1.29, 1.82) is 0 Å². The molecule has 1 aliphatic heterocycles. The molecule has 1 aromatic rings. The molecule has 0 saturated carbocycles. The van der Waals surface area contributed by atoms with E-state index in [1.807, 2.05) is 31.3 Å². The molecule has 0 amide bonds. The number of allylic oxidation sites excluding steroid dienone is 1. The number of rotatable bonds is 0. The fourth-order valence-corrected chi connectivity index (χ4v) is 1.15. The molecule has 1 nitrogen and oxygen atoms in total. The van der Waals surface area contributed by atoms with E-state index in [9.17, 15) is 0 Å². The first-order valence-corrected chi connectivity index (χ1v) is 3.93. The van der Waals surface area contributed by atoms with E-state index >= 15 is 0 Å². The van der Waals surface area contributed by atoms with Gasteiger partial charge in [0, 0.05) is 11.8 Å². The van der Waals surface area contributed by atoms with Crippen LogP contribution in [0.4, 0.5) is 0 Å². The highest BCUT2D eigenvalue weighted by Gasteiger charge is 1.96. The fourth-order valence-electron chi connectivity index (χ4n) is 1.15. The Labute approximate surface area is 71.8 Å². The first kappa shape index (κ1) is 7.08. The minimum absolute atomic E-state index is 0.922. The Morgan fingerprint density at radius 1 is 1.17 bits per heavy atom. The zero-order valence-corrected chi connectivity index (χ0v) is 6.91. The summed E-state index contributed by atoms with van der Waals surface area (Å²) in [6, 6.07) is 8.15. The maximum absolute atomic E-state index is 4.21. The van der Waals surface area contributed by atoms with Crippen LogP contribution >= 0.6 is 0 Å². The molecule has 1 aliphatic rings. The van der Waals surface area contributed by atoms with E-state index in [2.05, 4.69) is 22.9 Å². The molecule has 0 aromatic heterocycles. The molecule has 0 atom stereocenters. The normalized spacial score (nSPS) is 13.6. The Hall–Kier alpha value is -1.59. The smallest absolute Gasteiger partial charge is 0.0790 e. The molecule has 0 saturated heterocycles. The monoisotopic (exact) mass is 155 g/mol. The summed E-state index contributed by atoms with van der Waals surface area (Å²) in [5.41, 5.74) is 6.35. The van der Waals surface area contributed by atoms with E-state index in [4.69, 9.17) is 0 Å². The summed E-state index contributed by atoms with van der Waals surface area (Å²) in [6.07, 6.45) is 3.85. The van der Waals surface area contributed by atoms with Crippen molar-refractivity contribution in [2.75, 3.05) is 0 Å². The minimum atomic E-state index is 0.922. The molecule has 12 heavy (non-hydrogen) atoms. The van der Waals surface area contributed by atoms with Crippen molar-refractivity contribution in [2.45, 2.75) is 6.92 Å². The number of benzene rings is 1. The number of nitrogens with zero attached hydrogens (tertiary/aromatic N) is 1. The van der Waals surface area contributed by atoms with E-state index in [0.29, 0.717) is 0 Å². The van der Waals surface area contributed by atoms with E-state index < -0.39 is 0 Å². The number of hydrogen-bond donors (Lipinski definition) is 0. The van der Waals surface area contributed by atoms with Crippen LogP contribution in [0.5, 0.6) is 0 Å². The second-order valence-corrected chi connectivity index (χ2v) is 2.76. The van der Waals surface area contributed by atoms with Crippen LogP contribution in [0.15, 0.2) is 40.7 Å². The lowest BCUT2D eigenvalue weighted by Gasteiger charge is -1.95. The average Bonchev–Trinajstić information content (AvgIpc) is 2.29. The van der Waals surface area contributed by atoms with Crippen molar-refractivity contribution in [3.8, 4) is 0 Å². The molecule has 1 heterocycles. The van der Waals surface area contributed by atoms with Crippen LogP contribution in [-0.4, -0.2) is 6.21 Å². The van der Waals surface area contributed by atoms with Crippen LogP contribution in [0, 0.1) is 0 Å². The molecule has 1 aromatic carbocycles. The summed E-state index contributed by atoms with van der Waals surface area (Å²) in [7, 11) is 0. The molecule has 0 bridgehead atoms. The zero-order chi connectivity index (χ0) is 8.39. The summed E-state index contributed by atoms with van der Waals surface area (Å²) in [6.45, 7) is 1.94. The number of hydrogen-bond acceptors (Lipinski definition) is 1. The first-order valence-electron chi connectivity index (χ1n) is 3.93. The van der Waals surface area contributed by atoms with Gasteiger partial charge in [0.15, 0.2) is 0 Å². The third-order valence-corrected chi connectivity index (χ3v) is 1.83. The molecule has 0 fully saturated rings. The summed E-state index contributed by atoms with van der Waals surface area (Å²) in [5.74, 6) is 0. The maximum Gasteiger partial charge on any atom is 0.0790 e. The van der Waals surface area contributed by atoms with Gasteiger partial charge in [-0.3, -0.25) is 4.99 Å². The Morgan fingerprint density at radius 3 is 2.75 bits per heavy atom. The number of fused-ring (bicyclic) bond motifs is 1. The van der Waals surface area contributed by atoms with Gasteiger partial charge < -0.3 is 0 Å². The highest BCUT2D eigenvalue weighted by molar-refractivity contribution is 5.86. The quantitative estimate of drug-likeness (QED) is 0.511. The van der Waals surface area contributed by atoms with E-state index in [1.54, 1.807) is 0 Å². The molecule has 1 heteroatoms. The Bertz CT molecular complexity index is 393. The molecule has 0 unspecified atom stereocenters. The van der Waals surface area contributed by atoms with Crippen molar-refractivity contribution < 1.29 is 0 Å². The molecule has 0 aliphatic carbocycles. The lowest BCUT2D eigenvalue weighted by molar-refractivity contribution is 1.34. The van der Waals surface area contributed by atoms with E-state index in [-0.39, 0.29) is 0 Å².